The number of carbonyl (C=O) groups is 2. The first kappa shape index (κ1) is 18.6. The lowest BCUT2D eigenvalue weighted by Crippen LogP contribution is -2.30. The van der Waals surface area contributed by atoms with Gasteiger partial charge in [-0.15, -0.1) is 0 Å². The van der Waals surface area contributed by atoms with Gasteiger partial charge in [0.25, 0.3) is 5.91 Å². The molecule has 0 aliphatic heterocycles. The molecule has 2 aromatic carbocycles. The highest BCUT2D eigenvalue weighted by atomic mass is 19.1. The minimum atomic E-state index is -1.12. The molecule has 0 saturated heterocycles. The Labute approximate surface area is 144 Å². The molecule has 0 heterocycles. The second-order valence-corrected chi connectivity index (χ2v) is 5.97. The molecule has 6 heteroatoms. The van der Waals surface area contributed by atoms with Crippen LogP contribution < -0.4 is 5.32 Å². The molecule has 0 saturated carbocycles. The van der Waals surface area contributed by atoms with Gasteiger partial charge in [-0.3, -0.25) is 4.79 Å². The first-order chi connectivity index (χ1) is 11.8. The molecule has 2 rings (SSSR count). The van der Waals surface area contributed by atoms with E-state index in [1.165, 1.54) is 6.92 Å². The van der Waals surface area contributed by atoms with Gasteiger partial charge in [-0.25, -0.2) is 13.6 Å². The molecule has 0 aliphatic carbocycles. The highest BCUT2D eigenvalue weighted by molar-refractivity contribution is 5.97. The fourth-order valence-corrected chi connectivity index (χ4v) is 2.15. The molecule has 1 amide bonds. The predicted molar refractivity (Wildman–Crippen MR) is 90.4 cm³/mol. The third-order valence-corrected chi connectivity index (χ3v) is 3.60. The summed E-state index contributed by atoms with van der Waals surface area (Å²) in [5.74, 6) is -2.93. The van der Waals surface area contributed by atoms with Crippen molar-refractivity contribution in [2.24, 2.45) is 0 Å². The van der Waals surface area contributed by atoms with Crippen LogP contribution in [-0.4, -0.2) is 18.0 Å². The van der Waals surface area contributed by atoms with Crippen LogP contribution >= 0.6 is 0 Å². The first-order valence-electron chi connectivity index (χ1n) is 7.84. The SMILES string of the molecule is CC(C)c1ccc(NC(=O)[C@@H](C)OC(=O)c2cc(F)cc(F)c2)cc1. The fraction of sp³-hybridized carbons (Fsp3) is 0.263. The summed E-state index contributed by atoms with van der Waals surface area (Å²) in [6, 6.07) is 9.64. The van der Waals surface area contributed by atoms with Crippen molar-refractivity contribution in [3.05, 3.63) is 65.2 Å². The molecule has 1 atom stereocenters. The number of amides is 1. The van der Waals surface area contributed by atoms with Crippen LogP contribution in [0.15, 0.2) is 42.5 Å². The zero-order chi connectivity index (χ0) is 18.6. The standard InChI is InChI=1S/C19H19F2NO3/c1-11(2)13-4-6-17(7-5-13)22-18(23)12(3)25-19(24)14-8-15(20)10-16(21)9-14/h4-12H,1-3H3,(H,22,23)/t12-/m1/s1. The lowest BCUT2D eigenvalue weighted by molar-refractivity contribution is -0.123. The Balaban J connectivity index is 1.98. The van der Waals surface area contributed by atoms with Gasteiger partial charge in [-0.05, 0) is 42.7 Å². The molecule has 132 valence electrons. The molecule has 0 fully saturated rings. The molecular formula is C19H19F2NO3. The molecule has 2 aromatic rings. The maximum Gasteiger partial charge on any atom is 0.339 e. The molecule has 0 spiro atoms. The molecule has 0 radical (unpaired) electrons. The summed E-state index contributed by atoms with van der Waals surface area (Å²) < 4.78 is 31.2. The van der Waals surface area contributed by atoms with Crippen LogP contribution in [0.3, 0.4) is 0 Å². The van der Waals surface area contributed by atoms with Crippen LogP contribution in [0.1, 0.15) is 42.6 Å². The third-order valence-electron chi connectivity index (χ3n) is 3.60. The van der Waals surface area contributed by atoms with E-state index in [0.29, 0.717) is 17.7 Å². The van der Waals surface area contributed by atoms with Crippen molar-refractivity contribution < 1.29 is 23.1 Å². The molecule has 0 unspecified atom stereocenters. The monoisotopic (exact) mass is 347 g/mol. The first-order valence-corrected chi connectivity index (χ1v) is 7.84. The number of hydrogen-bond acceptors (Lipinski definition) is 3. The molecule has 25 heavy (non-hydrogen) atoms. The van der Waals surface area contributed by atoms with Crippen LogP contribution in [0, 0.1) is 11.6 Å². The van der Waals surface area contributed by atoms with Gasteiger partial charge in [0, 0.05) is 11.8 Å². The average Bonchev–Trinajstić information content (AvgIpc) is 2.54. The number of carbonyl (C=O) groups excluding carboxylic acids is 2. The van der Waals surface area contributed by atoms with E-state index in [2.05, 4.69) is 19.2 Å². The second kappa shape index (κ2) is 7.88. The number of nitrogens with one attached hydrogen (secondary N) is 1. The van der Waals surface area contributed by atoms with E-state index >= 15 is 0 Å². The number of benzene rings is 2. The molecule has 1 N–H and O–H groups in total. The van der Waals surface area contributed by atoms with Gasteiger partial charge >= 0.3 is 5.97 Å². The Kier molecular flexibility index (Phi) is 5.85. The quantitative estimate of drug-likeness (QED) is 0.822. The number of halogens is 2. The minimum absolute atomic E-state index is 0.293. The van der Waals surface area contributed by atoms with Gasteiger partial charge < -0.3 is 10.1 Å². The largest absolute Gasteiger partial charge is 0.449 e. The Hall–Kier alpha value is -2.76. The lowest BCUT2D eigenvalue weighted by Gasteiger charge is -2.14. The summed E-state index contributed by atoms with van der Waals surface area (Å²) in [4.78, 5) is 24.0. The number of anilines is 1. The van der Waals surface area contributed by atoms with Crippen molar-refractivity contribution >= 4 is 17.6 Å². The Bertz CT molecular complexity index is 752. The van der Waals surface area contributed by atoms with Crippen molar-refractivity contribution in [3.8, 4) is 0 Å². The predicted octanol–water partition coefficient (Wildman–Crippen LogP) is 4.27. The Morgan fingerprint density at radius 3 is 2.04 bits per heavy atom. The van der Waals surface area contributed by atoms with E-state index in [1.807, 2.05) is 12.1 Å². The lowest BCUT2D eigenvalue weighted by atomic mass is 10.0. The smallest absolute Gasteiger partial charge is 0.339 e. The Morgan fingerprint density at radius 1 is 0.960 bits per heavy atom. The minimum Gasteiger partial charge on any atom is -0.449 e. The third kappa shape index (κ3) is 5.11. The van der Waals surface area contributed by atoms with Crippen LogP contribution in [-0.2, 0) is 9.53 Å². The molecule has 4 nitrogen and oxygen atoms in total. The van der Waals surface area contributed by atoms with Crippen LogP contribution in [0.4, 0.5) is 14.5 Å². The van der Waals surface area contributed by atoms with Gasteiger partial charge in [0.1, 0.15) is 11.6 Å². The molecular weight excluding hydrogens is 328 g/mol. The zero-order valence-corrected chi connectivity index (χ0v) is 14.2. The van der Waals surface area contributed by atoms with Crippen molar-refractivity contribution in [1.29, 1.82) is 0 Å². The van der Waals surface area contributed by atoms with Crippen molar-refractivity contribution in [3.63, 3.8) is 0 Å². The summed E-state index contributed by atoms with van der Waals surface area (Å²) >= 11 is 0. The summed E-state index contributed by atoms with van der Waals surface area (Å²) in [6.07, 6.45) is -1.12. The summed E-state index contributed by atoms with van der Waals surface area (Å²) in [5, 5.41) is 2.62. The van der Waals surface area contributed by atoms with E-state index in [1.54, 1.807) is 12.1 Å². The van der Waals surface area contributed by atoms with Crippen molar-refractivity contribution in [2.75, 3.05) is 5.32 Å². The molecule has 0 aliphatic rings. The molecule has 0 aromatic heterocycles. The van der Waals surface area contributed by atoms with Crippen LogP contribution in [0.25, 0.3) is 0 Å². The van der Waals surface area contributed by atoms with Crippen molar-refractivity contribution in [2.45, 2.75) is 32.8 Å². The molecule has 0 bridgehead atoms. The van der Waals surface area contributed by atoms with E-state index in [-0.39, 0.29) is 5.56 Å². The van der Waals surface area contributed by atoms with Crippen LogP contribution in [0.5, 0.6) is 0 Å². The fourth-order valence-electron chi connectivity index (χ4n) is 2.15. The maximum atomic E-state index is 13.1. The van der Waals surface area contributed by atoms with Gasteiger partial charge in [-0.1, -0.05) is 26.0 Å². The van der Waals surface area contributed by atoms with Crippen molar-refractivity contribution in [1.82, 2.24) is 0 Å². The number of esters is 1. The van der Waals surface area contributed by atoms with Gasteiger partial charge in [-0.2, -0.15) is 0 Å². The zero-order valence-electron chi connectivity index (χ0n) is 14.2. The van der Waals surface area contributed by atoms with Gasteiger partial charge in [0.05, 0.1) is 5.56 Å². The van der Waals surface area contributed by atoms with Gasteiger partial charge in [0.15, 0.2) is 6.10 Å². The normalized spacial score (nSPS) is 11.9. The number of rotatable bonds is 5. The highest BCUT2D eigenvalue weighted by Gasteiger charge is 2.20. The number of ether oxygens (including phenoxy) is 1. The topological polar surface area (TPSA) is 55.4 Å². The van der Waals surface area contributed by atoms with Gasteiger partial charge in [0.2, 0.25) is 0 Å². The second-order valence-electron chi connectivity index (χ2n) is 5.97. The maximum absolute atomic E-state index is 13.1. The van der Waals surface area contributed by atoms with E-state index in [0.717, 1.165) is 17.7 Å². The highest BCUT2D eigenvalue weighted by Crippen LogP contribution is 2.17. The summed E-state index contributed by atoms with van der Waals surface area (Å²) in [7, 11) is 0. The summed E-state index contributed by atoms with van der Waals surface area (Å²) in [6.45, 7) is 5.50. The van der Waals surface area contributed by atoms with E-state index in [4.69, 9.17) is 4.74 Å². The average molecular weight is 347 g/mol. The van der Waals surface area contributed by atoms with E-state index in [9.17, 15) is 18.4 Å². The summed E-state index contributed by atoms with van der Waals surface area (Å²) in [5.41, 5.74) is 1.40. The Morgan fingerprint density at radius 2 is 1.52 bits per heavy atom. The number of hydrogen-bond donors (Lipinski definition) is 1. The van der Waals surface area contributed by atoms with E-state index < -0.39 is 29.6 Å². The van der Waals surface area contributed by atoms with Crippen LogP contribution in [0.2, 0.25) is 0 Å².